The number of hydrogen-bond donors (Lipinski definition) is 1. The second-order valence-electron chi connectivity index (χ2n) is 5.25. The Morgan fingerprint density at radius 2 is 1.76 bits per heavy atom. The van der Waals surface area contributed by atoms with Gasteiger partial charge in [0.05, 0.1) is 6.61 Å². The molecule has 0 radical (unpaired) electrons. The van der Waals surface area contributed by atoms with Gasteiger partial charge >= 0.3 is 6.09 Å². The van der Waals surface area contributed by atoms with Gasteiger partial charge in [0.25, 0.3) is 0 Å². The van der Waals surface area contributed by atoms with Crippen LogP contribution >= 0.6 is 11.6 Å². The summed E-state index contributed by atoms with van der Waals surface area (Å²) in [7, 11) is 0. The molecule has 21 heavy (non-hydrogen) atoms. The second kappa shape index (κ2) is 11.4. The molecule has 1 aromatic rings. The van der Waals surface area contributed by atoms with Crippen LogP contribution in [0, 0.1) is 0 Å². The molecule has 0 fully saturated rings. The Labute approximate surface area is 133 Å². The van der Waals surface area contributed by atoms with Gasteiger partial charge in [-0.1, -0.05) is 69.5 Å². The minimum Gasteiger partial charge on any atom is -0.449 e. The first-order valence-electron chi connectivity index (χ1n) is 7.91. The van der Waals surface area contributed by atoms with Crippen molar-refractivity contribution in [2.45, 2.75) is 58.3 Å². The minimum atomic E-state index is -0.416. The van der Waals surface area contributed by atoms with Crippen LogP contribution in [0.3, 0.4) is 0 Å². The molecular weight excluding hydrogens is 286 g/mol. The maximum atomic E-state index is 11.6. The summed E-state index contributed by atoms with van der Waals surface area (Å²) in [6.45, 7) is 2.70. The van der Waals surface area contributed by atoms with Gasteiger partial charge in [0.1, 0.15) is 0 Å². The quantitative estimate of drug-likeness (QED) is 0.536. The summed E-state index contributed by atoms with van der Waals surface area (Å²) < 4.78 is 5.14. The number of anilines is 1. The lowest BCUT2D eigenvalue weighted by Gasteiger charge is -2.07. The first-order valence-corrected chi connectivity index (χ1v) is 8.29. The van der Waals surface area contributed by atoms with E-state index in [0.29, 0.717) is 17.3 Å². The average molecular weight is 312 g/mol. The van der Waals surface area contributed by atoms with Crippen LogP contribution in [0.2, 0.25) is 5.02 Å². The number of carbonyl (C=O) groups is 1. The van der Waals surface area contributed by atoms with E-state index in [1.165, 1.54) is 38.5 Å². The van der Waals surface area contributed by atoms with E-state index in [0.717, 1.165) is 12.8 Å². The predicted molar refractivity (Wildman–Crippen MR) is 89.0 cm³/mol. The van der Waals surface area contributed by atoms with E-state index in [9.17, 15) is 4.79 Å². The number of nitrogens with one attached hydrogen (secondary N) is 1. The summed E-state index contributed by atoms with van der Waals surface area (Å²) in [5.74, 6) is 0. The molecule has 1 rings (SSSR count). The van der Waals surface area contributed by atoms with Crippen LogP contribution in [-0.4, -0.2) is 12.7 Å². The van der Waals surface area contributed by atoms with Gasteiger partial charge in [0, 0.05) is 10.7 Å². The zero-order valence-electron chi connectivity index (χ0n) is 12.9. The van der Waals surface area contributed by atoms with Crippen molar-refractivity contribution in [3.63, 3.8) is 0 Å². The number of ether oxygens (including phenoxy) is 1. The van der Waals surface area contributed by atoms with Crippen LogP contribution < -0.4 is 5.32 Å². The molecule has 0 spiro atoms. The van der Waals surface area contributed by atoms with Crippen molar-refractivity contribution < 1.29 is 9.53 Å². The van der Waals surface area contributed by atoms with E-state index < -0.39 is 6.09 Å². The number of halogens is 1. The molecule has 0 aliphatic rings. The molecule has 0 heterocycles. The van der Waals surface area contributed by atoms with Gasteiger partial charge in [-0.05, 0) is 24.6 Å². The summed E-state index contributed by atoms with van der Waals surface area (Å²) >= 11 is 5.84. The molecule has 1 aromatic carbocycles. The summed E-state index contributed by atoms with van der Waals surface area (Å²) in [6.07, 6.45) is 9.44. The zero-order valence-corrected chi connectivity index (χ0v) is 13.6. The van der Waals surface area contributed by atoms with E-state index in [1.54, 1.807) is 24.3 Å². The Kier molecular flexibility index (Phi) is 9.71. The molecule has 1 N–H and O–H groups in total. The Balaban J connectivity index is 1.99. The normalized spacial score (nSPS) is 10.4. The highest BCUT2D eigenvalue weighted by Gasteiger charge is 2.03. The fourth-order valence-electron chi connectivity index (χ4n) is 2.12. The first-order chi connectivity index (χ1) is 10.2. The first kappa shape index (κ1) is 17.8. The molecule has 3 nitrogen and oxygen atoms in total. The van der Waals surface area contributed by atoms with Crippen LogP contribution in [0.25, 0.3) is 0 Å². The molecule has 118 valence electrons. The highest BCUT2D eigenvalue weighted by molar-refractivity contribution is 6.30. The lowest BCUT2D eigenvalue weighted by molar-refractivity contribution is 0.159. The van der Waals surface area contributed by atoms with Crippen molar-refractivity contribution in [2.75, 3.05) is 11.9 Å². The van der Waals surface area contributed by atoms with E-state index in [2.05, 4.69) is 12.2 Å². The molecule has 4 heteroatoms. The highest BCUT2D eigenvalue weighted by atomic mass is 35.5. The lowest BCUT2D eigenvalue weighted by atomic mass is 10.1. The Morgan fingerprint density at radius 3 is 2.43 bits per heavy atom. The van der Waals surface area contributed by atoms with Gasteiger partial charge in [0.2, 0.25) is 0 Å². The molecule has 0 unspecified atom stereocenters. The number of unbranched alkanes of at least 4 members (excludes halogenated alkanes) is 7. The Morgan fingerprint density at radius 1 is 1.10 bits per heavy atom. The summed E-state index contributed by atoms with van der Waals surface area (Å²) in [4.78, 5) is 11.6. The third kappa shape index (κ3) is 9.35. The molecule has 0 saturated carbocycles. The number of amides is 1. The summed E-state index contributed by atoms with van der Waals surface area (Å²) in [6, 6.07) is 7.03. The molecule has 0 aliphatic carbocycles. The van der Waals surface area contributed by atoms with E-state index in [-0.39, 0.29) is 0 Å². The van der Waals surface area contributed by atoms with Crippen molar-refractivity contribution in [2.24, 2.45) is 0 Å². The molecule has 0 bridgehead atoms. The van der Waals surface area contributed by atoms with E-state index >= 15 is 0 Å². The van der Waals surface area contributed by atoms with Gasteiger partial charge in [-0.15, -0.1) is 0 Å². The van der Waals surface area contributed by atoms with E-state index in [4.69, 9.17) is 16.3 Å². The molecule has 0 atom stereocenters. The molecular formula is C17H26ClNO2. The standard InChI is InChI=1S/C17H26ClNO2/c1-2-3-4-5-6-7-8-9-13-21-17(20)19-16-12-10-11-15(18)14-16/h10-12,14H,2-9,13H2,1H3,(H,19,20). The number of benzene rings is 1. The maximum Gasteiger partial charge on any atom is 0.411 e. The fraction of sp³-hybridized carbons (Fsp3) is 0.588. The minimum absolute atomic E-state index is 0.416. The summed E-state index contributed by atoms with van der Waals surface area (Å²) in [5, 5.41) is 3.26. The van der Waals surface area contributed by atoms with Crippen molar-refractivity contribution in [3.05, 3.63) is 29.3 Å². The Hall–Kier alpha value is -1.22. The monoisotopic (exact) mass is 311 g/mol. The van der Waals surface area contributed by atoms with Crippen LogP contribution in [0.4, 0.5) is 10.5 Å². The molecule has 0 aliphatic heterocycles. The smallest absolute Gasteiger partial charge is 0.411 e. The fourth-order valence-corrected chi connectivity index (χ4v) is 2.31. The number of rotatable bonds is 10. The molecule has 0 aromatic heterocycles. The Bertz CT molecular complexity index is 410. The van der Waals surface area contributed by atoms with Crippen molar-refractivity contribution in [1.29, 1.82) is 0 Å². The van der Waals surface area contributed by atoms with Gasteiger partial charge in [-0.3, -0.25) is 5.32 Å². The predicted octanol–water partition coefficient (Wildman–Crippen LogP) is 6.03. The third-order valence-electron chi connectivity index (χ3n) is 3.30. The summed E-state index contributed by atoms with van der Waals surface area (Å²) in [5.41, 5.74) is 0.656. The largest absolute Gasteiger partial charge is 0.449 e. The van der Waals surface area contributed by atoms with Crippen LogP contribution in [-0.2, 0) is 4.74 Å². The zero-order chi connectivity index (χ0) is 15.3. The molecule has 1 amide bonds. The van der Waals surface area contributed by atoms with Gasteiger partial charge in [0.15, 0.2) is 0 Å². The molecule has 0 saturated heterocycles. The maximum absolute atomic E-state index is 11.6. The average Bonchev–Trinajstić information content (AvgIpc) is 2.45. The van der Waals surface area contributed by atoms with Gasteiger partial charge < -0.3 is 4.74 Å². The van der Waals surface area contributed by atoms with Crippen molar-refractivity contribution >= 4 is 23.4 Å². The second-order valence-corrected chi connectivity index (χ2v) is 5.68. The van der Waals surface area contributed by atoms with Gasteiger partial charge in [-0.25, -0.2) is 4.79 Å². The lowest BCUT2D eigenvalue weighted by Crippen LogP contribution is -2.14. The SMILES string of the molecule is CCCCCCCCCCOC(=O)Nc1cccc(Cl)c1. The third-order valence-corrected chi connectivity index (χ3v) is 3.54. The van der Waals surface area contributed by atoms with Crippen molar-refractivity contribution in [3.8, 4) is 0 Å². The van der Waals surface area contributed by atoms with E-state index in [1.807, 2.05) is 0 Å². The topological polar surface area (TPSA) is 38.3 Å². The van der Waals surface area contributed by atoms with Crippen molar-refractivity contribution in [1.82, 2.24) is 0 Å². The number of hydrogen-bond acceptors (Lipinski definition) is 2. The van der Waals surface area contributed by atoms with Crippen LogP contribution in [0.15, 0.2) is 24.3 Å². The van der Waals surface area contributed by atoms with Crippen LogP contribution in [0.5, 0.6) is 0 Å². The van der Waals surface area contributed by atoms with Crippen LogP contribution in [0.1, 0.15) is 58.3 Å². The van der Waals surface area contributed by atoms with Gasteiger partial charge in [-0.2, -0.15) is 0 Å². The number of carbonyl (C=O) groups excluding carboxylic acids is 1. The highest BCUT2D eigenvalue weighted by Crippen LogP contribution is 2.15.